The molecule has 0 saturated carbocycles. The van der Waals surface area contributed by atoms with Crippen molar-refractivity contribution in [3.05, 3.63) is 29.3 Å². The van der Waals surface area contributed by atoms with Gasteiger partial charge in [0.15, 0.2) is 0 Å². The topological polar surface area (TPSA) is 23.5 Å². The average molecular weight is 233 g/mol. The zero-order chi connectivity index (χ0) is 12.3. The van der Waals surface area contributed by atoms with Crippen molar-refractivity contribution in [2.24, 2.45) is 5.92 Å². The fourth-order valence-electron chi connectivity index (χ4n) is 2.91. The molecular weight excluding hydrogens is 210 g/mol. The molecule has 1 heterocycles. The fraction of sp³-hybridized carbons (Fsp3) is 0.600. The van der Waals surface area contributed by atoms with Gasteiger partial charge in [-0.2, -0.15) is 0 Å². The van der Waals surface area contributed by atoms with E-state index in [1.165, 1.54) is 23.2 Å². The number of aliphatic hydroxyl groups excluding tert-OH is 1. The number of aliphatic hydroxyl groups is 1. The van der Waals surface area contributed by atoms with Crippen molar-refractivity contribution in [2.75, 3.05) is 24.6 Å². The van der Waals surface area contributed by atoms with Crippen LogP contribution in [0.25, 0.3) is 0 Å². The van der Waals surface area contributed by atoms with Crippen molar-refractivity contribution in [3.63, 3.8) is 0 Å². The lowest BCUT2D eigenvalue weighted by Crippen LogP contribution is -2.22. The highest BCUT2D eigenvalue weighted by molar-refractivity contribution is 5.60. The molecule has 0 radical (unpaired) electrons. The SMILES string of the molecule is CCc1cccc(C)c1N1CCC(CCO)C1. The Kier molecular flexibility index (Phi) is 4.06. The third-order valence-electron chi connectivity index (χ3n) is 3.84. The van der Waals surface area contributed by atoms with Crippen LogP contribution in [0.3, 0.4) is 0 Å². The maximum Gasteiger partial charge on any atom is 0.0434 e. The summed E-state index contributed by atoms with van der Waals surface area (Å²) < 4.78 is 0. The van der Waals surface area contributed by atoms with Crippen molar-refractivity contribution in [3.8, 4) is 0 Å². The molecule has 0 aromatic heterocycles. The van der Waals surface area contributed by atoms with E-state index in [-0.39, 0.29) is 0 Å². The molecule has 1 aromatic rings. The van der Waals surface area contributed by atoms with Gasteiger partial charge in [0.2, 0.25) is 0 Å². The summed E-state index contributed by atoms with van der Waals surface area (Å²) in [6.07, 6.45) is 3.26. The van der Waals surface area contributed by atoms with E-state index in [1.807, 2.05) is 0 Å². The number of hydrogen-bond acceptors (Lipinski definition) is 2. The van der Waals surface area contributed by atoms with E-state index in [1.54, 1.807) is 0 Å². The molecule has 1 atom stereocenters. The van der Waals surface area contributed by atoms with E-state index in [2.05, 4.69) is 36.9 Å². The predicted octanol–water partition coefficient (Wildman–Crippen LogP) is 2.77. The highest BCUT2D eigenvalue weighted by atomic mass is 16.3. The number of nitrogens with zero attached hydrogens (tertiary/aromatic N) is 1. The van der Waals surface area contributed by atoms with Gasteiger partial charge < -0.3 is 10.0 Å². The smallest absolute Gasteiger partial charge is 0.0434 e. The van der Waals surface area contributed by atoms with Crippen LogP contribution in [0.15, 0.2) is 18.2 Å². The van der Waals surface area contributed by atoms with Gasteiger partial charge >= 0.3 is 0 Å². The zero-order valence-electron chi connectivity index (χ0n) is 10.9. The maximum atomic E-state index is 9.02. The Hall–Kier alpha value is -1.02. The molecule has 0 spiro atoms. The van der Waals surface area contributed by atoms with Gasteiger partial charge in [-0.25, -0.2) is 0 Å². The van der Waals surface area contributed by atoms with Crippen LogP contribution in [0.5, 0.6) is 0 Å². The number of aryl methyl sites for hydroxylation is 2. The first-order valence-corrected chi connectivity index (χ1v) is 6.70. The van der Waals surface area contributed by atoms with Crippen LogP contribution < -0.4 is 4.90 Å². The molecule has 0 aliphatic carbocycles. The number of anilines is 1. The molecule has 1 unspecified atom stereocenters. The Balaban J connectivity index is 2.18. The fourth-order valence-corrected chi connectivity index (χ4v) is 2.91. The number of para-hydroxylation sites is 1. The molecule has 1 aliphatic rings. The number of hydrogen-bond donors (Lipinski definition) is 1. The summed E-state index contributed by atoms with van der Waals surface area (Å²) in [4.78, 5) is 2.51. The van der Waals surface area contributed by atoms with Gasteiger partial charge in [-0.15, -0.1) is 0 Å². The first-order valence-electron chi connectivity index (χ1n) is 6.70. The van der Waals surface area contributed by atoms with Crippen LogP contribution >= 0.6 is 0 Å². The van der Waals surface area contributed by atoms with Gasteiger partial charge in [0, 0.05) is 25.4 Å². The summed E-state index contributed by atoms with van der Waals surface area (Å²) in [5.74, 6) is 0.671. The molecule has 0 bridgehead atoms. The monoisotopic (exact) mass is 233 g/mol. The minimum atomic E-state index is 0.326. The summed E-state index contributed by atoms with van der Waals surface area (Å²) in [7, 11) is 0. The van der Waals surface area contributed by atoms with Gasteiger partial charge in [0.1, 0.15) is 0 Å². The molecule has 2 heteroatoms. The second kappa shape index (κ2) is 5.54. The van der Waals surface area contributed by atoms with Gasteiger partial charge in [-0.1, -0.05) is 25.1 Å². The van der Waals surface area contributed by atoms with E-state index < -0.39 is 0 Å². The Bertz CT molecular complexity index is 375. The standard InChI is InChI=1S/C15H23NO/c1-3-14-6-4-5-12(2)15(14)16-9-7-13(11-16)8-10-17/h4-6,13,17H,3,7-11H2,1-2H3. The van der Waals surface area contributed by atoms with Gasteiger partial charge in [0.05, 0.1) is 0 Å². The first kappa shape index (κ1) is 12.4. The number of benzene rings is 1. The van der Waals surface area contributed by atoms with Crippen LogP contribution in [-0.4, -0.2) is 24.8 Å². The highest BCUT2D eigenvalue weighted by Crippen LogP contribution is 2.31. The third-order valence-corrected chi connectivity index (χ3v) is 3.84. The second-order valence-electron chi connectivity index (χ2n) is 5.05. The van der Waals surface area contributed by atoms with Crippen molar-refractivity contribution >= 4 is 5.69 Å². The highest BCUT2D eigenvalue weighted by Gasteiger charge is 2.24. The second-order valence-corrected chi connectivity index (χ2v) is 5.05. The summed E-state index contributed by atoms with van der Waals surface area (Å²) in [6.45, 7) is 7.00. The molecule has 2 rings (SSSR count). The van der Waals surface area contributed by atoms with E-state index in [4.69, 9.17) is 5.11 Å². The summed E-state index contributed by atoms with van der Waals surface area (Å²) in [5.41, 5.74) is 4.28. The van der Waals surface area contributed by atoms with Crippen LogP contribution in [0.1, 0.15) is 30.9 Å². The average Bonchev–Trinajstić information content (AvgIpc) is 2.77. The van der Waals surface area contributed by atoms with E-state index in [9.17, 15) is 0 Å². The Labute approximate surface area is 104 Å². The van der Waals surface area contributed by atoms with Crippen molar-refractivity contribution in [1.29, 1.82) is 0 Å². The van der Waals surface area contributed by atoms with Crippen molar-refractivity contribution in [2.45, 2.75) is 33.1 Å². The Morgan fingerprint density at radius 3 is 2.94 bits per heavy atom. The molecule has 0 amide bonds. The molecule has 17 heavy (non-hydrogen) atoms. The molecule has 1 fully saturated rings. The van der Waals surface area contributed by atoms with Crippen LogP contribution in [0.2, 0.25) is 0 Å². The minimum absolute atomic E-state index is 0.326. The van der Waals surface area contributed by atoms with Crippen molar-refractivity contribution < 1.29 is 5.11 Å². The van der Waals surface area contributed by atoms with Crippen molar-refractivity contribution in [1.82, 2.24) is 0 Å². The van der Waals surface area contributed by atoms with Crippen LogP contribution in [-0.2, 0) is 6.42 Å². The molecule has 94 valence electrons. The predicted molar refractivity (Wildman–Crippen MR) is 72.6 cm³/mol. The molecular formula is C15H23NO. The number of rotatable bonds is 4. The minimum Gasteiger partial charge on any atom is -0.396 e. The summed E-state index contributed by atoms with van der Waals surface area (Å²) in [5, 5.41) is 9.02. The molecule has 1 aliphatic heterocycles. The van der Waals surface area contributed by atoms with E-state index in [0.29, 0.717) is 12.5 Å². The van der Waals surface area contributed by atoms with Gasteiger partial charge in [-0.3, -0.25) is 0 Å². The van der Waals surface area contributed by atoms with Crippen LogP contribution in [0, 0.1) is 12.8 Å². The normalized spacial score (nSPS) is 19.9. The molecule has 2 nitrogen and oxygen atoms in total. The van der Waals surface area contributed by atoms with Crippen LogP contribution in [0.4, 0.5) is 5.69 Å². The molecule has 1 saturated heterocycles. The van der Waals surface area contributed by atoms with Gasteiger partial charge in [0.25, 0.3) is 0 Å². The Morgan fingerprint density at radius 2 is 2.24 bits per heavy atom. The maximum absolute atomic E-state index is 9.02. The molecule has 1 N–H and O–H groups in total. The summed E-state index contributed by atoms with van der Waals surface area (Å²) in [6, 6.07) is 6.59. The quantitative estimate of drug-likeness (QED) is 0.864. The van der Waals surface area contributed by atoms with E-state index >= 15 is 0 Å². The van der Waals surface area contributed by atoms with Gasteiger partial charge in [-0.05, 0) is 43.2 Å². The zero-order valence-corrected chi connectivity index (χ0v) is 10.9. The lowest BCUT2D eigenvalue weighted by molar-refractivity contribution is 0.263. The largest absolute Gasteiger partial charge is 0.396 e. The lowest BCUT2D eigenvalue weighted by atomic mass is 10.0. The summed E-state index contributed by atoms with van der Waals surface area (Å²) >= 11 is 0. The first-order chi connectivity index (χ1) is 8.26. The third kappa shape index (κ3) is 2.63. The molecule has 1 aromatic carbocycles. The Morgan fingerprint density at radius 1 is 1.41 bits per heavy atom. The van der Waals surface area contributed by atoms with E-state index in [0.717, 1.165) is 25.9 Å². The lowest BCUT2D eigenvalue weighted by Gasteiger charge is -2.24.